The van der Waals surface area contributed by atoms with Gasteiger partial charge in [-0.05, 0) is 0 Å². The van der Waals surface area contributed by atoms with Gasteiger partial charge in [-0.25, -0.2) is 0 Å². The summed E-state index contributed by atoms with van der Waals surface area (Å²) in [5.41, 5.74) is 0. The average molecular weight is 180 g/mol. The zero-order valence-corrected chi connectivity index (χ0v) is 6.24. The van der Waals surface area contributed by atoms with Crippen molar-refractivity contribution in [1.82, 2.24) is 0 Å². The molecule has 0 bridgehead atoms. The molecule has 0 radical (unpaired) electrons. The zero-order chi connectivity index (χ0) is 9.30. The van der Waals surface area contributed by atoms with Crippen LogP contribution in [0.25, 0.3) is 0 Å². The van der Waals surface area contributed by atoms with E-state index in [2.05, 4.69) is 4.74 Å². The monoisotopic (exact) mass is 180 g/mol. The van der Waals surface area contributed by atoms with Crippen LogP contribution in [-0.4, -0.2) is 62.8 Å². The van der Waals surface area contributed by atoms with E-state index in [1.807, 2.05) is 0 Å². The van der Waals surface area contributed by atoms with Crippen molar-refractivity contribution in [3.05, 3.63) is 0 Å². The molecule has 1 fully saturated rings. The highest BCUT2D eigenvalue weighted by Gasteiger charge is 2.42. The van der Waals surface area contributed by atoms with Crippen LogP contribution in [-0.2, 0) is 4.74 Å². The summed E-state index contributed by atoms with van der Waals surface area (Å²) in [5, 5.41) is 44.7. The Bertz CT molecular complexity index is 146. The van der Waals surface area contributed by atoms with E-state index >= 15 is 0 Å². The third-order valence-corrected chi connectivity index (χ3v) is 1.87. The first-order chi connectivity index (χ1) is 5.57. The standard InChI is InChI=1S/C6H12O6/c7-1-2-3(8)4(9)5(10)6(11)12-2/h2-11H,1H2/t2?,3?,4-,5+,6+/m1/s1. The van der Waals surface area contributed by atoms with Gasteiger partial charge in [0.2, 0.25) is 0 Å². The van der Waals surface area contributed by atoms with Crippen molar-refractivity contribution in [2.24, 2.45) is 0 Å². The second-order valence-electron chi connectivity index (χ2n) is 2.72. The minimum Gasteiger partial charge on any atom is -0.394 e. The number of hydrogen-bond donors (Lipinski definition) is 5. The average Bonchev–Trinajstić information content (AvgIpc) is 2.08. The van der Waals surface area contributed by atoms with Gasteiger partial charge in [0.15, 0.2) is 6.29 Å². The number of hydrogen-bond acceptors (Lipinski definition) is 6. The third kappa shape index (κ3) is 1.58. The summed E-state index contributed by atoms with van der Waals surface area (Å²) in [6.45, 7) is -0.526. The molecule has 5 atom stereocenters. The maximum absolute atomic E-state index is 9.12. The van der Waals surface area contributed by atoms with Gasteiger partial charge in [-0.1, -0.05) is 0 Å². The predicted octanol–water partition coefficient (Wildman–Crippen LogP) is -3.22. The summed E-state index contributed by atoms with van der Waals surface area (Å²) in [5.74, 6) is 0. The lowest BCUT2D eigenvalue weighted by Gasteiger charge is -2.37. The summed E-state index contributed by atoms with van der Waals surface area (Å²) in [6.07, 6.45) is -7.04. The number of ether oxygens (including phenoxy) is 1. The summed E-state index contributed by atoms with van der Waals surface area (Å²) in [7, 11) is 0. The fourth-order valence-corrected chi connectivity index (χ4v) is 1.08. The van der Waals surface area contributed by atoms with Gasteiger partial charge in [-0.15, -0.1) is 0 Å². The molecular formula is C6H12O6. The van der Waals surface area contributed by atoms with E-state index in [0.717, 1.165) is 0 Å². The number of aliphatic hydroxyl groups excluding tert-OH is 5. The Morgan fingerprint density at radius 3 is 2.00 bits per heavy atom. The van der Waals surface area contributed by atoms with Crippen molar-refractivity contribution in [1.29, 1.82) is 0 Å². The van der Waals surface area contributed by atoms with Crippen LogP contribution in [0.1, 0.15) is 0 Å². The normalized spacial score (nSPS) is 49.2. The molecule has 12 heavy (non-hydrogen) atoms. The highest BCUT2D eigenvalue weighted by atomic mass is 16.6. The van der Waals surface area contributed by atoms with Gasteiger partial charge in [-0.2, -0.15) is 0 Å². The van der Waals surface area contributed by atoms with Crippen LogP contribution in [0.4, 0.5) is 0 Å². The van der Waals surface area contributed by atoms with E-state index in [0.29, 0.717) is 0 Å². The summed E-state index contributed by atoms with van der Waals surface area (Å²) < 4.78 is 4.58. The Labute approximate surface area is 68.6 Å². The maximum Gasteiger partial charge on any atom is 0.184 e. The molecule has 0 aliphatic carbocycles. The molecule has 1 heterocycles. The van der Waals surface area contributed by atoms with Crippen LogP contribution in [0.5, 0.6) is 0 Å². The molecule has 6 nitrogen and oxygen atoms in total. The third-order valence-electron chi connectivity index (χ3n) is 1.87. The molecule has 6 heteroatoms. The molecule has 0 aromatic carbocycles. The first-order valence-corrected chi connectivity index (χ1v) is 3.56. The van der Waals surface area contributed by atoms with Gasteiger partial charge in [-0.3, -0.25) is 0 Å². The molecule has 5 N–H and O–H groups in total. The van der Waals surface area contributed by atoms with Gasteiger partial charge >= 0.3 is 0 Å². The van der Waals surface area contributed by atoms with Crippen LogP contribution in [0.2, 0.25) is 0 Å². The van der Waals surface area contributed by atoms with E-state index < -0.39 is 37.3 Å². The molecule has 72 valence electrons. The predicted molar refractivity (Wildman–Crippen MR) is 36.0 cm³/mol. The molecule has 0 aromatic heterocycles. The minimum absolute atomic E-state index is 0.526. The van der Waals surface area contributed by atoms with E-state index in [1.54, 1.807) is 0 Å². The van der Waals surface area contributed by atoms with E-state index in [-0.39, 0.29) is 0 Å². The Kier molecular flexibility index (Phi) is 2.99. The molecule has 1 rings (SSSR count). The second kappa shape index (κ2) is 3.65. The Morgan fingerprint density at radius 2 is 1.50 bits per heavy atom. The smallest absolute Gasteiger partial charge is 0.184 e. The van der Waals surface area contributed by atoms with Gasteiger partial charge in [0.25, 0.3) is 0 Å². The van der Waals surface area contributed by atoms with Crippen molar-refractivity contribution < 1.29 is 30.3 Å². The lowest BCUT2D eigenvalue weighted by atomic mass is 10.00. The molecular weight excluding hydrogens is 168 g/mol. The van der Waals surface area contributed by atoms with Crippen LogP contribution >= 0.6 is 0 Å². The Hall–Kier alpha value is -0.240. The van der Waals surface area contributed by atoms with Gasteiger partial charge < -0.3 is 30.3 Å². The molecule has 1 saturated heterocycles. The number of aliphatic hydroxyl groups is 5. The van der Waals surface area contributed by atoms with Crippen molar-refractivity contribution in [2.45, 2.75) is 30.7 Å². The Morgan fingerprint density at radius 1 is 0.917 bits per heavy atom. The first kappa shape index (κ1) is 9.85. The molecule has 0 saturated carbocycles. The summed E-state index contributed by atoms with van der Waals surface area (Å²) >= 11 is 0. The highest BCUT2D eigenvalue weighted by Crippen LogP contribution is 2.18. The fraction of sp³-hybridized carbons (Fsp3) is 1.00. The van der Waals surface area contributed by atoms with Gasteiger partial charge in [0.05, 0.1) is 6.61 Å². The van der Waals surface area contributed by atoms with Crippen molar-refractivity contribution >= 4 is 0 Å². The lowest BCUT2D eigenvalue weighted by Crippen LogP contribution is -2.58. The quantitative estimate of drug-likeness (QED) is 0.290. The van der Waals surface area contributed by atoms with Crippen LogP contribution < -0.4 is 0 Å². The minimum atomic E-state index is -1.57. The molecule has 0 spiro atoms. The van der Waals surface area contributed by atoms with Gasteiger partial charge in [0, 0.05) is 0 Å². The van der Waals surface area contributed by atoms with Crippen LogP contribution in [0.3, 0.4) is 0 Å². The zero-order valence-electron chi connectivity index (χ0n) is 6.24. The SMILES string of the molecule is OCC1O[C@H](O)[C@@H](O)[C@H](O)C1O. The number of rotatable bonds is 1. The first-order valence-electron chi connectivity index (χ1n) is 3.56. The molecule has 1 aliphatic heterocycles. The largest absolute Gasteiger partial charge is 0.394 e. The molecule has 1 aliphatic rings. The summed E-state index contributed by atoms with van der Waals surface area (Å²) in [6, 6.07) is 0. The van der Waals surface area contributed by atoms with E-state index in [9.17, 15) is 0 Å². The Balaban J connectivity index is 2.63. The fourth-order valence-electron chi connectivity index (χ4n) is 1.08. The van der Waals surface area contributed by atoms with Crippen LogP contribution in [0, 0.1) is 0 Å². The van der Waals surface area contributed by atoms with E-state index in [1.165, 1.54) is 0 Å². The second-order valence-corrected chi connectivity index (χ2v) is 2.72. The molecule has 2 unspecified atom stereocenters. The van der Waals surface area contributed by atoms with Crippen molar-refractivity contribution in [2.75, 3.05) is 6.61 Å². The van der Waals surface area contributed by atoms with E-state index in [4.69, 9.17) is 25.5 Å². The van der Waals surface area contributed by atoms with Crippen LogP contribution in [0.15, 0.2) is 0 Å². The van der Waals surface area contributed by atoms with Gasteiger partial charge in [0.1, 0.15) is 24.4 Å². The lowest BCUT2D eigenvalue weighted by molar-refractivity contribution is -0.286. The molecule has 0 aromatic rings. The highest BCUT2D eigenvalue weighted by molar-refractivity contribution is 4.87. The van der Waals surface area contributed by atoms with Crippen molar-refractivity contribution in [3.8, 4) is 0 Å². The maximum atomic E-state index is 9.12. The van der Waals surface area contributed by atoms with Crippen molar-refractivity contribution in [3.63, 3.8) is 0 Å². The summed E-state index contributed by atoms with van der Waals surface area (Å²) in [4.78, 5) is 0. The topological polar surface area (TPSA) is 110 Å². The molecule has 0 amide bonds.